The normalized spacial score (nSPS) is 16.1. The highest BCUT2D eigenvalue weighted by molar-refractivity contribution is 6.39. The van der Waals surface area contributed by atoms with Crippen LogP contribution in [0.15, 0.2) is 59.3 Å². The van der Waals surface area contributed by atoms with Crippen molar-refractivity contribution in [3.8, 4) is 11.5 Å². The van der Waals surface area contributed by atoms with Crippen molar-refractivity contribution in [1.82, 2.24) is 15.4 Å². The van der Waals surface area contributed by atoms with E-state index in [9.17, 15) is 14.0 Å². The summed E-state index contributed by atoms with van der Waals surface area (Å²) in [5.74, 6) is -0.433. The molecular weight excluding hydrogens is 457 g/mol. The van der Waals surface area contributed by atoms with Crippen molar-refractivity contribution in [1.29, 1.82) is 0 Å². The van der Waals surface area contributed by atoms with E-state index in [-0.39, 0.29) is 31.0 Å². The molecule has 11 heteroatoms. The Morgan fingerprint density at radius 1 is 1.00 bits per heavy atom. The van der Waals surface area contributed by atoms with Crippen LogP contribution >= 0.6 is 0 Å². The molecule has 1 unspecified atom stereocenters. The second kappa shape index (κ2) is 10.0. The maximum Gasteiger partial charge on any atom is 0.314 e. The largest absolute Gasteiger partial charge is 0.454 e. The summed E-state index contributed by atoms with van der Waals surface area (Å²) in [5, 5.41) is 8.67. The number of fused-ring (bicyclic) bond motifs is 1. The van der Waals surface area contributed by atoms with Crippen molar-refractivity contribution in [3.05, 3.63) is 66.2 Å². The minimum absolute atomic E-state index is 0.154. The Kier molecular flexibility index (Phi) is 6.49. The third kappa shape index (κ3) is 5.04. The lowest BCUT2D eigenvalue weighted by molar-refractivity contribution is -0.136. The first kappa shape index (κ1) is 22.7. The lowest BCUT2D eigenvalue weighted by Gasteiger charge is -2.40. The van der Waals surface area contributed by atoms with Crippen LogP contribution in [0.5, 0.6) is 11.5 Å². The van der Waals surface area contributed by atoms with Gasteiger partial charge in [-0.2, -0.15) is 0 Å². The average Bonchev–Trinajstić information content (AvgIpc) is 3.56. The smallest absolute Gasteiger partial charge is 0.314 e. The number of aromatic nitrogens is 1. The summed E-state index contributed by atoms with van der Waals surface area (Å²) in [6, 6.07) is 13.6. The van der Waals surface area contributed by atoms with Crippen molar-refractivity contribution in [3.63, 3.8) is 0 Å². The van der Waals surface area contributed by atoms with E-state index in [1.807, 2.05) is 29.2 Å². The lowest BCUT2D eigenvalue weighted by atomic mass is 10.0. The molecule has 5 rings (SSSR count). The molecule has 2 aromatic carbocycles. The van der Waals surface area contributed by atoms with Crippen molar-refractivity contribution in [2.75, 3.05) is 49.7 Å². The molecule has 0 aliphatic carbocycles. The summed E-state index contributed by atoms with van der Waals surface area (Å²) in [7, 11) is 0. The molecule has 1 fully saturated rings. The van der Waals surface area contributed by atoms with Crippen LogP contribution in [0.2, 0.25) is 0 Å². The van der Waals surface area contributed by atoms with Gasteiger partial charge in [-0.1, -0.05) is 23.4 Å². The summed E-state index contributed by atoms with van der Waals surface area (Å²) < 4.78 is 29.9. The zero-order valence-corrected chi connectivity index (χ0v) is 18.8. The highest BCUT2D eigenvalue weighted by atomic mass is 19.1. The standard InChI is InChI=1S/C24H24FN5O5/c25-17-3-1-2-4-18(17)29-8-10-30(11-9-29)19(16-5-6-20-21(13-16)34-15-33-20)14-26-23(31)24(32)27-22-7-12-35-28-22/h1-7,12-13,19H,8-11,14-15H2,(H,26,31)(H,27,28,32). The van der Waals surface area contributed by atoms with Crippen LogP contribution < -0.4 is 25.0 Å². The molecule has 10 nitrogen and oxygen atoms in total. The number of nitrogens with one attached hydrogen (secondary N) is 2. The predicted octanol–water partition coefficient (Wildman–Crippen LogP) is 2.16. The highest BCUT2D eigenvalue weighted by Crippen LogP contribution is 2.36. The van der Waals surface area contributed by atoms with Crippen LogP contribution in [0.4, 0.5) is 15.9 Å². The quantitative estimate of drug-likeness (QED) is 0.516. The molecule has 1 saturated heterocycles. The molecule has 3 aromatic rings. The summed E-state index contributed by atoms with van der Waals surface area (Å²) in [6.45, 7) is 2.84. The van der Waals surface area contributed by atoms with E-state index in [2.05, 4.69) is 25.2 Å². The number of carbonyl (C=O) groups is 2. The fourth-order valence-corrected chi connectivity index (χ4v) is 4.28. The van der Waals surface area contributed by atoms with E-state index < -0.39 is 11.8 Å². The van der Waals surface area contributed by atoms with Gasteiger partial charge in [-0.15, -0.1) is 0 Å². The molecule has 2 amide bonds. The molecular formula is C24H24FN5O5. The van der Waals surface area contributed by atoms with Crippen molar-refractivity contribution >= 4 is 23.3 Å². The van der Waals surface area contributed by atoms with Gasteiger partial charge in [0.1, 0.15) is 12.1 Å². The summed E-state index contributed by atoms with van der Waals surface area (Å²) in [5.41, 5.74) is 1.48. The third-order valence-electron chi connectivity index (χ3n) is 6.07. The van der Waals surface area contributed by atoms with Crippen molar-refractivity contribution in [2.45, 2.75) is 6.04 Å². The number of ether oxygens (including phenoxy) is 2. The minimum atomic E-state index is -0.840. The Morgan fingerprint density at radius 3 is 2.57 bits per heavy atom. The fourth-order valence-electron chi connectivity index (χ4n) is 4.28. The Morgan fingerprint density at radius 2 is 1.80 bits per heavy atom. The molecule has 2 N–H and O–H groups in total. The number of piperazine rings is 1. The van der Waals surface area contributed by atoms with E-state index in [0.717, 1.165) is 5.56 Å². The molecule has 2 aliphatic heterocycles. The number of rotatable bonds is 6. The molecule has 0 radical (unpaired) electrons. The number of halogens is 1. The number of carbonyl (C=O) groups excluding carboxylic acids is 2. The van der Waals surface area contributed by atoms with E-state index in [1.54, 1.807) is 12.1 Å². The molecule has 1 atom stereocenters. The first-order valence-corrected chi connectivity index (χ1v) is 11.2. The molecule has 3 heterocycles. The molecule has 35 heavy (non-hydrogen) atoms. The number of amides is 2. The number of para-hydroxylation sites is 1. The molecule has 2 aliphatic rings. The van der Waals surface area contributed by atoms with Gasteiger partial charge < -0.3 is 24.2 Å². The van der Waals surface area contributed by atoms with Crippen LogP contribution in [0, 0.1) is 5.82 Å². The Balaban J connectivity index is 1.29. The average molecular weight is 481 g/mol. The van der Waals surface area contributed by atoms with Gasteiger partial charge in [-0.25, -0.2) is 4.39 Å². The van der Waals surface area contributed by atoms with Crippen molar-refractivity contribution < 1.29 is 28.0 Å². The highest BCUT2D eigenvalue weighted by Gasteiger charge is 2.29. The fraction of sp³-hybridized carbons (Fsp3) is 0.292. The summed E-state index contributed by atoms with van der Waals surface area (Å²) >= 11 is 0. The SMILES string of the molecule is O=C(NCC(c1ccc2c(c1)OCO2)N1CCN(c2ccccc2F)CC1)C(=O)Nc1ccon1. The van der Waals surface area contributed by atoms with Crippen LogP contribution in [0.3, 0.4) is 0 Å². The molecule has 0 saturated carbocycles. The zero-order valence-electron chi connectivity index (χ0n) is 18.8. The molecule has 182 valence electrons. The minimum Gasteiger partial charge on any atom is -0.454 e. The number of hydrogen-bond acceptors (Lipinski definition) is 8. The van der Waals surface area contributed by atoms with Gasteiger partial charge in [-0.05, 0) is 29.8 Å². The maximum absolute atomic E-state index is 14.3. The van der Waals surface area contributed by atoms with Crippen molar-refractivity contribution in [2.24, 2.45) is 0 Å². The van der Waals surface area contributed by atoms with E-state index in [1.165, 1.54) is 18.4 Å². The predicted molar refractivity (Wildman–Crippen MR) is 124 cm³/mol. The summed E-state index contributed by atoms with van der Waals surface area (Å²) in [4.78, 5) is 28.9. The lowest BCUT2D eigenvalue weighted by Crippen LogP contribution is -2.50. The van der Waals surface area contributed by atoms with Gasteiger partial charge in [-0.3, -0.25) is 19.8 Å². The van der Waals surface area contributed by atoms with Crippen LogP contribution in [-0.2, 0) is 9.59 Å². The topological polar surface area (TPSA) is 109 Å². The molecule has 0 bridgehead atoms. The van der Waals surface area contributed by atoms with Gasteiger partial charge in [0.25, 0.3) is 0 Å². The maximum atomic E-state index is 14.3. The Hall–Kier alpha value is -4.12. The Labute approximate surface area is 200 Å². The first-order chi connectivity index (χ1) is 17.1. The second-order valence-electron chi connectivity index (χ2n) is 8.15. The van der Waals surface area contributed by atoms with Crippen LogP contribution in [-0.4, -0.2) is 61.4 Å². The number of benzene rings is 2. The first-order valence-electron chi connectivity index (χ1n) is 11.2. The molecule has 1 aromatic heterocycles. The second-order valence-corrected chi connectivity index (χ2v) is 8.15. The van der Waals surface area contributed by atoms with Gasteiger partial charge in [0.05, 0.1) is 11.7 Å². The van der Waals surface area contributed by atoms with Gasteiger partial charge in [0, 0.05) is 38.8 Å². The monoisotopic (exact) mass is 481 g/mol. The van der Waals surface area contributed by atoms with Gasteiger partial charge >= 0.3 is 11.8 Å². The van der Waals surface area contributed by atoms with Crippen LogP contribution in [0.25, 0.3) is 0 Å². The summed E-state index contributed by atoms with van der Waals surface area (Å²) in [6.07, 6.45) is 1.30. The third-order valence-corrected chi connectivity index (χ3v) is 6.07. The van der Waals surface area contributed by atoms with Gasteiger partial charge in [0.2, 0.25) is 6.79 Å². The van der Waals surface area contributed by atoms with E-state index in [0.29, 0.717) is 43.4 Å². The van der Waals surface area contributed by atoms with Gasteiger partial charge in [0.15, 0.2) is 17.3 Å². The number of nitrogens with zero attached hydrogens (tertiary/aromatic N) is 3. The molecule has 0 spiro atoms. The van der Waals surface area contributed by atoms with E-state index in [4.69, 9.17) is 9.47 Å². The van der Waals surface area contributed by atoms with Crippen LogP contribution in [0.1, 0.15) is 11.6 Å². The zero-order chi connectivity index (χ0) is 24.2. The Bertz CT molecular complexity index is 1200. The number of hydrogen-bond donors (Lipinski definition) is 2. The van der Waals surface area contributed by atoms with E-state index >= 15 is 0 Å². The number of anilines is 2.